The smallest absolute Gasteiger partial charge is 0.104 e. The maximum atomic E-state index is 8.92. The van der Waals surface area contributed by atoms with Crippen LogP contribution in [-0.4, -0.2) is 26.7 Å². The topological polar surface area (TPSA) is 77.0 Å². The van der Waals surface area contributed by atoms with Crippen molar-refractivity contribution in [3.8, 4) is 11.3 Å². The van der Waals surface area contributed by atoms with Crippen molar-refractivity contribution >= 4 is 0 Å². The number of aliphatic hydroxyl groups excluding tert-OH is 1. The molecule has 0 spiro atoms. The summed E-state index contributed by atoms with van der Waals surface area (Å²) in [6.45, 7) is 3.21. The van der Waals surface area contributed by atoms with Crippen LogP contribution in [0.4, 0.5) is 0 Å². The van der Waals surface area contributed by atoms with Gasteiger partial charge in [-0.1, -0.05) is 29.5 Å². The summed E-state index contributed by atoms with van der Waals surface area (Å²) in [5.41, 5.74) is 9.74. The normalized spacial score (nSPS) is 10.8. The van der Waals surface area contributed by atoms with Gasteiger partial charge in [-0.15, -0.1) is 5.10 Å². The van der Waals surface area contributed by atoms with Gasteiger partial charge in [0.15, 0.2) is 0 Å². The number of aryl methyl sites for hydroxylation is 2. The molecular formula is C13H18N4O. The van der Waals surface area contributed by atoms with Crippen molar-refractivity contribution < 1.29 is 5.11 Å². The second kappa shape index (κ2) is 5.75. The zero-order valence-electron chi connectivity index (χ0n) is 10.5. The third-order valence-corrected chi connectivity index (χ3v) is 2.93. The van der Waals surface area contributed by atoms with Crippen LogP contribution in [0.3, 0.4) is 0 Å². The van der Waals surface area contributed by atoms with E-state index >= 15 is 0 Å². The lowest BCUT2D eigenvalue weighted by Crippen LogP contribution is -2.06. The van der Waals surface area contributed by atoms with E-state index in [1.807, 2.05) is 22.9 Å². The molecule has 5 heteroatoms. The van der Waals surface area contributed by atoms with Gasteiger partial charge in [-0.25, -0.2) is 4.68 Å². The van der Waals surface area contributed by atoms with Crippen LogP contribution < -0.4 is 5.73 Å². The number of benzene rings is 1. The van der Waals surface area contributed by atoms with E-state index in [2.05, 4.69) is 23.3 Å². The largest absolute Gasteiger partial charge is 0.396 e. The molecule has 0 fully saturated rings. The van der Waals surface area contributed by atoms with Crippen LogP contribution in [0.15, 0.2) is 24.3 Å². The average Bonchev–Trinajstić information content (AvgIpc) is 2.79. The first-order chi connectivity index (χ1) is 8.77. The Morgan fingerprint density at radius 3 is 2.78 bits per heavy atom. The summed E-state index contributed by atoms with van der Waals surface area (Å²) in [5.74, 6) is 0. The molecule has 0 saturated heterocycles. The second-order valence-corrected chi connectivity index (χ2v) is 4.20. The molecule has 96 valence electrons. The molecule has 0 bridgehead atoms. The zero-order chi connectivity index (χ0) is 13.0. The quantitative estimate of drug-likeness (QED) is 0.828. The highest BCUT2D eigenvalue weighted by Crippen LogP contribution is 2.25. The fourth-order valence-electron chi connectivity index (χ4n) is 2.00. The van der Waals surface area contributed by atoms with Crippen molar-refractivity contribution in [1.82, 2.24) is 15.0 Å². The summed E-state index contributed by atoms with van der Waals surface area (Å²) < 4.78 is 1.82. The molecule has 1 aromatic carbocycles. The summed E-state index contributed by atoms with van der Waals surface area (Å²) >= 11 is 0. The van der Waals surface area contributed by atoms with Gasteiger partial charge < -0.3 is 10.8 Å². The molecular weight excluding hydrogens is 228 g/mol. The summed E-state index contributed by atoms with van der Waals surface area (Å²) in [6.07, 6.45) is 0.659. The fourth-order valence-corrected chi connectivity index (χ4v) is 2.00. The van der Waals surface area contributed by atoms with E-state index in [-0.39, 0.29) is 6.61 Å². The monoisotopic (exact) mass is 246 g/mol. The molecule has 1 aromatic heterocycles. The predicted molar refractivity (Wildman–Crippen MR) is 69.8 cm³/mol. The minimum Gasteiger partial charge on any atom is -0.396 e. The van der Waals surface area contributed by atoms with Crippen molar-refractivity contribution in [2.45, 2.75) is 26.4 Å². The van der Waals surface area contributed by atoms with Gasteiger partial charge in [-0.2, -0.15) is 0 Å². The first kappa shape index (κ1) is 12.7. The Labute approximate surface area is 106 Å². The molecule has 3 N–H and O–H groups in total. The van der Waals surface area contributed by atoms with Crippen molar-refractivity contribution in [1.29, 1.82) is 0 Å². The molecule has 18 heavy (non-hydrogen) atoms. The standard InChI is InChI=1S/C13H18N4O/c1-10-5-2-3-6-11(10)13-12(9-14)15-16-17(13)7-4-8-18/h2-3,5-6,18H,4,7-9,14H2,1H3. The zero-order valence-corrected chi connectivity index (χ0v) is 10.5. The molecule has 0 saturated carbocycles. The van der Waals surface area contributed by atoms with Crippen molar-refractivity contribution in [3.63, 3.8) is 0 Å². The Hall–Kier alpha value is -1.72. The molecule has 0 atom stereocenters. The van der Waals surface area contributed by atoms with Crippen LogP contribution in [0, 0.1) is 6.92 Å². The average molecular weight is 246 g/mol. The van der Waals surface area contributed by atoms with Gasteiger partial charge >= 0.3 is 0 Å². The van der Waals surface area contributed by atoms with Gasteiger partial charge in [0.25, 0.3) is 0 Å². The van der Waals surface area contributed by atoms with Gasteiger partial charge in [0.1, 0.15) is 5.69 Å². The van der Waals surface area contributed by atoms with Crippen molar-refractivity contribution in [2.24, 2.45) is 5.73 Å². The van der Waals surface area contributed by atoms with E-state index in [1.165, 1.54) is 5.56 Å². The summed E-state index contributed by atoms with van der Waals surface area (Å²) in [4.78, 5) is 0. The summed E-state index contributed by atoms with van der Waals surface area (Å²) in [7, 11) is 0. The second-order valence-electron chi connectivity index (χ2n) is 4.20. The van der Waals surface area contributed by atoms with E-state index in [1.54, 1.807) is 0 Å². The highest BCUT2D eigenvalue weighted by atomic mass is 16.3. The number of nitrogens with two attached hydrogens (primary N) is 1. The molecule has 0 radical (unpaired) electrons. The lowest BCUT2D eigenvalue weighted by atomic mass is 10.0. The Balaban J connectivity index is 2.47. The predicted octanol–water partition coefficient (Wildman–Crippen LogP) is 1.09. The molecule has 2 aromatic rings. The van der Waals surface area contributed by atoms with Gasteiger partial charge in [0.2, 0.25) is 0 Å². The molecule has 0 aliphatic heterocycles. The number of aromatic nitrogens is 3. The van der Waals surface area contributed by atoms with E-state index < -0.39 is 0 Å². The number of hydrogen-bond donors (Lipinski definition) is 2. The van der Waals surface area contributed by atoms with Gasteiger partial charge in [-0.3, -0.25) is 0 Å². The van der Waals surface area contributed by atoms with Crippen LogP contribution >= 0.6 is 0 Å². The van der Waals surface area contributed by atoms with Gasteiger partial charge in [0, 0.05) is 25.3 Å². The van der Waals surface area contributed by atoms with E-state index in [0.29, 0.717) is 19.5 Å². The molecule has 0 aliphatic carbocycles. The van der Waals surface area contributed by atoms with E-state index in [4.69, 9.17) is 10.8 Å². The minimum absolute atomic E-state index is 0.144. The third-order valence-electron chi connectivity index (χ3n) is 2.93. The highest BCUT2D eigenvalue weighted by molar-refractivity contribution is 5.65. The first-order valence-corrected chi connectivity index (χ1v) is 6.07. The minimum atomic E-state index is 0.144. The van der Waals surface area contributed by atoms with E-state index in [9.17, 15) is 0 Å². The molecule has 0 aliphatic rings. The van der Waals surface area contributed by atoms with Crippen LogP contribution in [0.5, 0.6) is 0 Å². The van der Waals surface area contributed by atoms with Crippen LogP contribution in [0.25, 0.3) is 11.3 Å². The Kier molecular flexibility index (Phi) is 4.07. The lowest BCUT2D eigenvalue weighted by molar-refractivity contribution is 0.276. The van der Waals surface area contributed by atoms with Gasteiger partial charge in [-0.05, 0) is 18.9 Å². The number of hydrogen-bond acceptors (Lipinski definition) is 4. The van der Waals surface area contributed by atoms with Crippen LogP contribution in [0.2, 0.25) is 0 Å². The Morgan fingerprint density at radius 2 is 2.11 bits per heavy atom. The highest BCUT2D eigenvalue weighted by Gasteiger charge is 2.14. The number of rotatable bonds is 5. The molecule has 2 rings (SSSR count). The number of nitrogens with zero attached hydrogens (tertiary/aromatic N) is 3. The molecule has 0 amide bonds. The van der Waals surface area contributed by atoms with Crippen LogP contribution in [-0.2, 0) is 13.1 Å². The summed E-state index contributed by atoms with van der Waals surface area (Å²) in [5, 5.41) is 17.2. The van der Waals surface area contributed by atoms with Crippen molar-refractivity contribution in [3.05, 3.63) is 35.5 Å². The first-order valence-electron chi connectivity index (χ1n) is 6.07. The molecule has 1 heterocycles. The lowest BCUT2D eigenvalue weighted by Gasteiger charge is -2.09. The summed E-state index contributed by atoms with van der Waals surface area (Å²) in [6, 6.07) is 8.09. The maximum absolute atomic E-state index is 8.92. The Morgan fingerprint density at radius 1 is 1.33 bits per heavy atom. The third kappa shape index (κ3) is 2.42. The maximum Gasteiger partial charge on any atom is 0.104 e. The number of aliphatic hydroxyl groups is 1. The Bertz CT molecular complexity index is 521. The van der Waals surface area contributed by atoms with Crippen molar-refractivity contribution in [2.75, 3.05) is 6.61 Å². The fraction of sp³-hybridized carbons (Fsp3) is 0.385. The SMILES string of the molecule is Cc1ccccc1-c1c(CN)nnn1CCCO. The van der Waals surface area contributed by atoms with E-state index in [0.717, 1.165) is 17.0 Å². The van der Waals surface area contributed by atoms with Gasteiger partial charge in [0.05, 0.1) is 5.69 Å². The van der Waals surface area contributed by atoms with Crippen LogP contribution in [0.1, 0.15) is 17.7 Å². The molecule has 5 nitrogen and oxygen atoms in total. The molecule has 0 unspecified atom stereocenters.